The molecule has 6 nitrogen and oxygen atoms in total. The molecular weight excluding hydrogens is 275 g/mol. The number of rotatable bonds is 2. The lowest BCUT2D eigenvalue weighted by Crippen LogP contribution is -2.37. The molecule has 1 aliphatic rings. The van der Waals surface area contributed by atoms with E-state index < -0.39 is 29.1 Å². The van der Waals surface area contributed by atoms with Crippen LogP contribution in [0.2, 0.25) is 0 Å². The minimum Gasteiger partial charge on any atom is -0.369 e. The van der Waals surface area contributed by atoms with Gasteiger partial charge in [-0.15, -0.1) is 0 Å². The molecule has 110 valence electrons. The Balaban J connectivity index is 2.31. The topological polar surface area (TPSA) is 98.1 Å². The maximum absolute atomic E-state index is 12.7. The number of halogens is 3. The first-order chi connectivity index (χ1) is 9.12. The number of amides is 1. The molecule has 2 heterocycles. The number of hydrogen-bond donors (Lipinski definition) is 2. The normalized spacial score (nSPS) is 23.1. The first-order valence-electron chi connectivity index (χ1n) is 5.88. The van der Waals surface area contributed by atoms with Crippen LogP contribution in [0.3, 0.4) is 0 Å². The maximum atomic E-state index is 12.7. The second-order valence-electron chi connectivity index (χ2n) is 5.06. The molecule has 0 radical (unpaired) electrons. The van der Waals surface area contributed by atoms with Crippen molar-refractivity contribution in [2.75, 3.05) is 23.7 Å². The van der Waals surface area contributed by atoms with Gasteiger partial charge in [0, 0.05) is 19.2 Å². The van der Waals surface area contributed by atoms with Gasteiger partial charge < -0.3 is 16.4 Å². The highest BCUT2D eigenvalue weighted by Gasteiger charge is 2.40. The van der Waals surface area contributed by atoms with Crippen LogP contribution in [0.1, 0.15) is 19.0 Å². The molecular formula is C11H14F3N5O. The van der Waals surface area contributed by atoms with Crippen molar-refractivity contribution in [2.45, 2.75) is 19.5 Å². The summed E-state index contributed by atoms with van der Waals surface area (Å²) in [5, 5.41) is 0. The molecule has 0 spiro atoms. The van der Waals surface area contributed by atoms with Crippen LogP contribution < -0.4 is 16.4 Å². The molecule has 2 rings (SSSR count). The van der Waals surface area contributed by atoms with E-state index in [-0.39, 0.29) is 12.4 Å². The van der Waals surface area contributed by atoms with Gasteiger partial charge >= 0.3 is 6.18 Å². The molecule has 20 heavy (non-hydrogen) atoms. The fourth-order valence-electron chi connectivity index (χ4n) is 2.12. The summed E-state index contributed by atoms with van der Waals surface area (Å²) in [6.45, 7) is 2.26. The zero-order valence-electron chi connectivity index (χ0n) is 10.7. The number of nitrogens with zero attached hydrogens (tertiary/aromatic N) is 3. The summed E-state index contributed by atoms with van der Waals surface area (Å²) in [7, 11) is 0. The smallest absolute Gasteiger partial charge is 0.369 e. The van der Waals surface area contributed by atoms with Gasteiger partial charge in [-0.3, -0.25) is 4.79 Å². The van der Waals surface area contributed by atoms with Crippen LogP contribution >= 0.6 is 0 Å². The van der Waals surface area contributed by atoms with E-state index in [1.165, 1.54) is 0 Å². The zero-order valence-corrected chi connectivity index (χ0v) is 10.7. The first kappa shape index (κ1) is 14.4. The Kier molecular flexibility index (Phi) is 3.23. The van der Waals surface area contributed by atoms with Crippen molar-refractivity contribution in [3.63, 3.8) is 0 Å². The number of nitrogen functional groups attached to an aromatic ring is 1. The van der Waals surface area contributed by atoms with Gasteiger partial charge in [0.1, 0.15) is 5.82 Å². The van der Waals surface area contributed by atoms with E-state index >= 15 is 0 Å². The summed E-state index contributed by atoms with van der Waals surface area (Å²) in [6, 6.07) is 0.823. The molecule has 1 saturated heterocycles. The Morgan fingerprint density at radius 2 is 2.10 bits per heavy atom. The van der Waals surface area contributed by atoms with Crippen LogP contribution in [-0.4, -0.2) is 29.0 Å². The van der Waals surface area contributed by atoms with Crippen molar-refractivity contribution in [1.29, 1.82) is 0 Å². The molecule has 0 aliphatic carbocycles. The molecule has 0 saturated carbocycles. The van der Waals surface area contributed by atoms with Crippen molar-refractivity contribution >= 4 is 17.7 Å². The number of alkyl halides is 3. The molecule has 0 bridgehead atoms. The SMILES string of the molecule is CC1(C(N)=O)CCN(c2cc(C(F)(F)F)nc(N)n2)C1. The Morgan fingerprint density at radius 3 is 2.60 bits per heavy atom. The van der Waals surface area contributed by atoms with Gasteiger partial charge in [0.25, 0.3) is 0 Å². The second kappa shape index (κ2) is 4.50. The number of primary amides is 1. The van der Waals surface area contributed by atoms with Gasteiger partial charge in [-0.2, -0.15) is 18.2 Å². The fraction of sp³-hybridized carbons (Fsp3) is 0.545. The van der Waals surface area contributed by atoms with Crippen LogP contribution in [0.5, 0.6) is 0 Å². The van der Waals surface area contributed by atoms with E-state index in [9.17, 15) is 18.0 Å². The summed E-state index contributed by atoms with van der Waals surface area (Å²) < 4.78 is 38.0. The molecule has 1 atom stereocenters. The Labute approximate surface area is 113 Å². The maximum Gasteiger partial charge on any atom is 0.433 e. The largest absolute Gasteiger partial charge is 0.433 e. The van der Waals surface area contributed by atoms with Crippen molar-refractivity contribution in [2.24, 2.45) is 11.1 Å². The minimum absolute atomic E-state index is 0.0507. The summed E-state index contributed by atoms with van der Waals surface area (Å²) in [5.41, 5.74) is 8.73. The van der Waals surface area contributed by atoms with Gasteiger partial charge in [0.05, 0.1) is 5.41 Å². The molecule has 1 amide bonds. The highest BCUT2D eigenvalue weighted by Crippen LogP contribution is 2.35. The predicted molar refractivity (Wildman–Crippen MR) is 65.6 cm³/mol. The third-order valence-electron chi connectivity index (χ3n) is 3.41. The van der Waals surface area contributed by atoms with Crippen molar-refractivity contribution in [3.8, 4) is 0 Å². The lowest BCUT2D eigenvalue weighted by molar-refractivity contribution is -0.141. The van der Waals surface area contributed by atoms with Crippen molar-refractivity contribution < 1.29 is 18.0 Å². The van der Waals surface area contributed by atoms with Crippen LogP contribution in [0, 0.1) is 5.41 Å². The minimum atomic E-state index is -4.60. The number of carbonyl (C=O) groups excluding carboxylic acids is 1. The van der Waals surface area contributed by atoms with E-state index in [2.05, 4.69) is 9.97 Å². The van der Waals surface area contributed by atoms with Crippen LogP contribution in [-0.2, 0) is 11.0 Å². The van der Waals surface area contributed by atoms with Gasteiger partial charge in [-0.1, -0.05) is 0 Å². The Hall–Kier alpha value is -2.06. The monoisotopic (exact) mass is 289 g/mol. The van der Waals surface area contributed by atoms with E-state index in [0.29, 0.717) is 13.0 Å². The van der Waals surface area contributed by atoms with E-state index in [1.54, 1.807) is 11.8 Å². The number of nitrogens with two attached hydrogens (primary N) is 2. The van der Waals surface area contributed by atoms with Gasteiger partial charge in [-0.05, 0) is 13.3 Å². The van der Waals surface area contributed by atoms with E-state index in [1.807, 2.05) is 0 Å². The molecule has 1 aliphatic heterocycles. The van der Waals surface area contributed by atoms with Crippen LogP contribution in [0.15, 0.2) is 6.07 Å². The Morgan fingerprint density at radius 1 is 1.45 bits per heavy atom. The van der Waals surface area contributed by atoms with Crippen LogP contribution in [0.4, 0.5) is 24.9 Å². The number of aromatic nitrogens is 2. The molecule has 1 aromatic heterocycles. The van der Waals surface area contributed by atoms with Crippen molar-refractivity contribution in [3.05, 3.63) is 11.8 Å². The average Bonchev–Trinajstić information content (AvgIpc) is 2.71. The van der Waals surface area contributed by atoms with Gasteiger partial charge in [0.2, 0.25) is 11.9 Å². The number of carbonyl (C=O) groups is 1. The van der Waals surface area contributed by atoms with E-state index in [4.69, 9.17) is 11.5 Å². The summed E-state index contributed by atoms with van der Waals surface area (Å²) in [5.74, 6) is -0.893. The summed E-state index contributed by atoms with van der Waals surface area (Å²) >= 11 is 0. The molecule has 9 heteroatoms. The Bertz CT molecular complexity index is 547. The quantitative estimate of drug-likeness (QED) is 0.838. The number of hydrogen-bond acceptors (Lipinski definition) is 5. The highest BCUT2D eigenvalue weighted by atomic mass is 19.4. The molecule has 1 fully saturated rings. The first-order valence-corrected chi connectivity index (χ1v) is 5.88. The molecule has 0 aromatic carbocycles. The predicted octanol–water partition coefficient (Wildman–Crippen LogP) is 0.779. The third kappa shape index (κ3) is 2.61. The molecule has 1 unspecified atom stereocenters. The third-order valence-corrected chi connectivity index (χ3v) is 3.41. The molecule has 4 N–H and O–H groups in total. The lowest BCUT2D eigenvalue weighted by Gasteiger charge is -2.22. The second-order valence-corrected chi connectivity index (χ2v) is 5.06. The fourth-order valence-corrected chi connectivity index (χ4v) is 2.12. The van der Waals surface area contributed by atoms with Gasteiger partial charge in [0.15, 0.2) is 5.69 Å². The summed E-state index contributed by atoms with van der Waals surface area (Å²) in [4.78, 5) is 19.9. The van der Waals surface area contributed by atoms with Crippen molar-refractivity contribution in [1.82, 2.24) is 9.97 Å². The zero-order chi connectivity index (χ0) is 15.1. The number of anilines is 2. The molecule has 1 aromatic rings. The summed E-state index contributed by atoms with van der Waals surface area (Å²) in [6.07, 6.45) is -4.15. The average molecular weight is 289 g/mol. The van der Waals surface area contributed by atoms with Gasteiger partial charge in [-0.25, -0.2) is 4.98 Å². The lowest BCUT2D eigenvalue weighted by atomic mass is 9.89. The van der Waals surface area contributed by atoms with E-state index in [0.717, 1.165) is 6.07 Å². The standard InChI is InChI=1S/C11H14F3N5O/c1-10(8(15)20)2-3-19(5-10)7-4-6(11(12,13)14)17-9(16)18-7/h4H,2-3,5H2,1H3,(H2,15,20)(H2,16,17,18). The van der Waals surface area contributed by atoms with Crippen LogP contribution in [0.25, 0.3) is 0 Å². The highest BCUT2D eigenvalue weighted by molar-refractivity contribution is 5.82.